The van der Waals surface area contributed by atoms with Crippen molar-refractivity contribution in [2.45, 2.75) is 118 Å². The lowest BCUT2D eigenvalue weighted by Crippen LogP contribution is -2.21. The van der Waals surface area contributed by atoms with Crippen molar-refractivity contribution >= 4 is 0 Å². The summed E-state index contributed by atoms with van der Waals surface area (Å²) < 4.78 is 21.8. The highest BCUT2D eigenvalue weighted by atomic mass is 16.7. The van der Waals surface area contributed by atoms with E-state index in [-0.39, 0.29) is 48.0 Å². The number of rotatable bonds is 9. The van der Waals surface area contributed by atoms with Crippen molar-refractivity contribution in [3.63, 3.8) is 0 Å². The monoisotopic (exact) mass is 457 g/mol. The summed E-state index contributed by atoms with van der Waals surface area (Å²) in [7, 11) is 0. The Bertz CT molecular complexity index is 396. The molecule has 31 heavy (non-hydrogen) atoms. The maximum absolute atomic E-state index is 8.63. The highest BCUT2D eigenvalue weighted by Crippen LogP contribution is 2.25. The minimum absolute atomic E-state index is 0. The normalized spacial score (nSPS) is 23.9. The van der Waals surface area contributed by atoms with Crippen LogP contribution >= 0.6 is 0 Å². The summed E-state index contributed by atoms with van der Waals surface area (Å²) in [5, 5.41) is 33.6. The quantitative estimate of drug-likeness (QED) is 0.416. The maximum atomic E-state index is 8.63. The van der Waals surface area contributed by atoms with Crippen LogP contribution in [0.25, 0.3) is 0 Å². The van der Waals surface area contributed by atoms with Crippen molar-refractivity contribution in [3.05, 3.63) is 0 Å². The number of aliphatic hydroxyl groups is 4. The van der Waals surface area contributed by atoms with Crippen molar-refractivity contribution in [1.82, 2.24) is 0 Å². The van der Waals surface area contributed by atoms with Gasteiger partial charge in [0.1, 0.15) is 0 Å². The second kappa shape index (κ2) is 19.2. The van der Waals surface area contributed by atoms with Crippen LogP contribution in [0.5, 0.6) is 0 Å². The summed E-state index contributed by atoms with van der Waals surface area (Å²) in [5.41, 5.74) is 0. The maximum Gasteiger partial charge on any atom is 1.00 e. The van der Waals surface area contributed by atoms with Gasteiger partial charge in [-0.25, -0.2) is 0 Å². The van der Waals surface area contributed by atoms with E-state index in [0.717, 1.165) is 25.9 Å². The molecule has 2 aliphatic rings. The fraction of sp³-hybridized carbons (Fsp3) is 1.00. The standard InChI is InChI=1S/C8H16O3.C8H16O2.C5H12O3.2CH4/c1-8(2)10-6-7(11-8)4-3-5-9;1-4-5-7-6-9-8(2,3)10-7;6-3-1-2-5(8)4-7;;/h7,9H,3-6H2,1-2H3;7H,4-6H2,1-3H3;5-8H,1-4H2;2*1H4/p+1. The number of ether oxygens (including phenoxy) is 4. The Morgan fingerprint density at radius 2 is 1.29 bits per heavy atom. The van der Waals surface area contributed by atoms with E-state index in [2.05, 4.69) is 6.92 Å². The second-order valence-corrected chi connectivity index (χ2v) is 8.26. The third kappa shape index (κ3) is 18.9. The van der Waals surface area contributed by atoms with Crippen LogP contribution in [0.3, 0.4) is 0 Å². The molecule has 2 aliphatic heterocycles. The molecule has 8 heteroatoms. The van der Waals surface area contributed by atoms with Crippen LogP contribution in [-0.2, 0) is 18.9 Å². The Hall–Kier alpha value is -0.320. The average Bonchev–Trinajstić information content (AvgIpc) is 3.19. The topological polar surface area (TPSA) is 118 Å². The molecule has 0 radical (unpaired) electrons. The molecule has 0 saturated carbocycles. The van der Waals surface area contributed by atoms with Crippen molar-refractivity contribution < 1.29 is 40.8 Å². The fourth-order valence-electron chi connectivity index (χ4n) is 2.87. The van der Waals surface area contributed by atoms with E-state index in [1.165, 1.54) is 6.42 Å². The minimum atomic E-state index is -0.651. The summed E-state index contributed by atoms with van der Waals surface area (Å²) in [6, 6.07) is 0. The van der Waals surface area contributed by atoms with Gasteiger partial charge in [-0.3, -0.25) is 0 Å². The molecule has 3 atom stereocenters. The highest BCUT2D eigenvalue weighted by Gasteiger charge is 2.32. The lowest BCUT2D eigenvalue weighted by atomic mass is 10.2. The number of hydrogen-bond donors (Lipinski definition) is 4. The zero-order chi connectivity index (χ0) is 22.3. The van der Waals surface area contributed by atoms with Crippen LogP contribution in [0.2, 0.25) is 0 Å². The smallest absolute Gasteiger partial charge is 0.396 e. The van der Waals surface area contributed by atoms with Crippen molar-refractivity contribution in [2.75, 3.05) is 33.0 Å². The van der Waals surface area contributed by atoms with Gasteiger partial charge in [0, 0.05) is 13.2 Å². The Morgan fingerprint density at radius 1 is 0.839 bits per heavy atom. The molecule has 0 bridgehead atoms. The van der Waals surface area contributed by atoms with Crippen LogP contribution in [0.1, 0.15) is 89.4 Å². The molecule has 0 aromatic heterocycles. The molecular weight excluding hydrogens is 404 g/mol. The first kappa shape index (κ1) is 35.3. The molecule has 2 rings (SSSR count). The molecule has 0 spiro atoms. The molecule has 3 unspecified atom stereocenters. The minimum Gasteiger partial charge on any atom is -0.396 e. The van der Waals surface area contributed by atoms with E-state index in [4.69, 9.17) is 39.4 Å². The molecule has 0 aromatic carbocycles. The lowest BCUT2D eigenvalue weighted by molar-refractivity contribution is -0.139. The van der Waals surface area contributed by atoms with Gasteiger partial charge in [0.15, 0.2) is 11.6 Å². The van der Waals surface area contributed by atoms with Gasteiger partial charge in [-0.1, -0.05) is 28.2 Å². The van der Waals surface area contributed by atoms with Crippen LogP contribution in [0.4, 0.5) is 0 Å². The van der Waals surface area contributed by atoms with Gasteiger partial charge >= 0.3 is 1.43 Å². The van der Waals surface area contributed by atoms with E-state index in [9.17, 15) is 0 Å². The van der Waals surface area contributed by atoms with Gasteiger partial charge in [-0.2, -0.15) is 0 Å². The molecule has 192 valence electrons. The molecule has 2 heterocycles. The second-order valence-electron chi connectivity index (χ2n) is 8.26. The zero-order valence-electron chi connectivity index (χ0n) is 19.9. The molecule has 0 aromatic rings. The van der Waals surface area contributed by atoms with Crippen LogP contribution in [0.15, 0.2) is 0 Å². The van der Waals surface area contributed by atoms with E-state index in [1.807, 2.05) is 27.7 Å². The summed E-state index contributed by atoms with van der Waals surface area (Å²) in [5.74, 6) is -0.750. The SMILES string of the molecule is C.C.CC1(C)OCC(CCCO)O1.CCCC1COC(C)(C)O1.OCCCC(O)CO.[H+]. The van der Waals surface area contributed by atoms with E-state index >= 15 is 0 Å². The molecular formula is C23H53O8+. The third-order valence-electron chi connectivity index (χ3n) is 4.34. The highest BCUT2D eigenvalue weighted by molar-refractivity contribution is 4.70. The van der Waals surface area contributed by atoms with Gasteiger partial charge in [0.2, 0.25) is 0 Å². The van der Waals surface area contributed by atoms with Gasteiger partial charge in [0.05, 0.1) is 38.1 Å². The van der Waals surface area contributed by atoms with Gasteiger partial charge in [0.25, 0.3) is 0 Å². The van der Waals surface area contributed by atoms with Crippen LogP contribution < -0.4 is 0 Å². The molecule has 4 N–H and O–H groups in total. The molecule has 8 nitrogen and oxygen atoms in total. The molecule has 2 fully saturated rings. The lowest BCUT2D eigenvalue weighted by Gasteiger charge is -2.16. The van der Waals surface area contributed by atoms with Gasteiger partial charge in [-0.15, -0.1) is 0 Å². The Kier molecular flexibility index (Phi) is 21.8. The number of aliphatic hydroxyl groups excluding tert-OH is 4. The van der Waals surface area contributed by atoms with E-state index in [0.29, 0.717) is 25.6 Å². The summed E-state index contributed by atoms with van der Waals surface area (Å²) in [4.78, 5) is 0. The molecule has 0 aliphatic carbocycles. The van der Waals surface area contributed by atoms with Crippen molar-refractivity contribution in [3.8, 4) is 0 Å². The molecule has 2 saturated heterocycles. The fourth-order valence-corrected chi connectivity index (χ4v) is 2.87. The first-order chi connectivity index (χ1) is 13.6. The number of hydrogen-bond acceptors (Lipinski definition) is 8. The summed E-state index contributed by atoms with van der Waals surface area (Å²) in [6.07, 6.45) is 4.87. The Balaban J connectivity index is -0.000000178. The van der Waals surface area contributed by atoms with Crippen LogP contribution in [0, 0.1) is 0 Å². The largest absolute Gasteiger partial charge is 1.00 e. The third-order valence-corrected chi connectivity index (χ3v) is 4.34. The van der Waals surface area contributed by atoms with E-state index in [1.54, 1.807) is 0 Å². The first-order valence-electron chi connectivity index (χ1n) is 10.7. The van der Waals surface area contributed by atoms with Gasteiger partial charge < -0.3 is 39.4 Å². The predicted molar refractivity (Wildman–Crippen MR) is 125 cm³/mol. The van der Waals surface area contributed by atoms with Crippen LogP contribution in [-0.4, -0.2) is 83.3 Å². The molecule has 0 amide bonds. The van der Waals surface area contributed by atoms with Crippen molar-refractivity contribution in [2.24, 2.45) is 0 Å². The Labute approximate surface area is 192 Å². The average molecular weight is 458 g/mol. The summed E-state index contributed by atoms with van der Waals surface area (Å²) >= 11 is 0. The van der Waals surface area contributed by atoms with E-state index < -0.39 is 11.9 Å². The van der Waals surface area contributed by atoms with Crippen molar-refractivity contribution in [1.29, 1.82) is 0 Å². The zero-order valence-corrected chi connectivity index (χ0v) is 18.9. The predicted octanol–water partition coefficient (Wildman–Crippen LogP) is 3.35. The summed E-state index contributed by atoms with van der Waals surface area (Å²) in [6.45, 7) is 11.4. The van der Waals surface area contributed by atoms with Gasteiger partial charge in [-0.05, 0) is 59.8 Å². The Morgan fingerprint density at radius 3 is 1.61 bits per heavy atom. The first-order valence-corrected chi connectivity index (χ1v) is 10.7.